The first-order valence-electron chi connectivity index (χ1n) is 8.99. The Morgan fingerprint density at radius 2 is 1.80 bits per heavy atom. The molecule has 0 N–H and O–H groups in total. The zero-order chi connectivity index (χ0) is 22.7. The van der Waals surface area contributed by atoms with Gasteiger partial charge in [-0.15, -0.1) is 0 Å². The Balaban J connectivity index is 2.63. The minimum absolute atomic E-state index is 0.178. The maximum atomic E-state index is 12.1. The number of likely N-dealkylation sites (N-methyl/N-ethyl adjacent to an activating group) is 1. The first kappa shape index (κ1) is 26.1. The highest BCUT2D eigenvalue weighted by atomic mass is 35.6. The minimum atomic E-state index is -1.75. The largest absolute Gasteiger partial charge is 0.459 e. The van der Waals surface area contributed by atoms with E-state index >= 15 is 0 Å². The fraction of sp³-hybridized carbons (Fsp3) is 0.556. The van der Waals surface area contributed by atoms with E-state index in [-0.39, 0.29) is 25.6 Å². The van der Waals surface area contributed by atoms with Crippen LogP contribution >= 0.6 is 34.8 Å². The van der Waals surface area contributed by atoms with Crippen LogP contribution in [0, 0.1) is 0 Å². The summed E-state index contributed by atoms with van der Waals surface area (Å²) in [6.45, 7) is 1.34. The van der Waals surface area contributed by atoms with E-state index in [4.69, 9.17) is 49.0 Å². The minimum Gasteiger partial charge on any atom is -0.459 e. The molecule has 0 spiro atoms. The van der Waals surface area contributed by atoms with Crippen LogP contribution in [-0.4, -0.2) is 65.7 Å². The van der Waals surface area contributed by atoms with Crippen LogP contribution in [0.2, 0.25) is 0 Å². The highest BCUT2D eigenvalue weighted by molar-refractivity contribution is 6.67. The molecule has 2 amide bonds. The third-order valence-corrected chi connectivity index (χ3v) is 3.94. The molecule has 12 heteroatoms. The van der Waals surface area contributed by atoms with E-state index in [0.717, 1.165) is 22.6 Å². The Bertz CT molecular complexity index is 729. The summed E-state index contributed by atoms with van der Waals surface area (Å²) in [4.78, 5) is 42.3. The number of anilines is 1. The fourth-order valence-electron chi connectivity index (χ4n) is 2.05. The Morgan fingerprint density at radius 1 is 1.10 bits per heavy atom. The van der Waals surface area contributed by atoms with E-state index in [1.54, 1.807) is 12.1 Å². The molecule has 168 valence electrons. The molecule has 30 heavy (non-hydrogen) atoms. The third-order valence-electron chi connectivity index (χ3n) is 3.61. The first-order chi connectivity index (χ1) is 14.0. The van der Waals surface area contributed by atoms with Crippen molar-refractivity contribution < 1.29 is 28.6 Å². The maximum Gasteiger partial charge on any atom is 0.415 e. The summed E-state index contributed by atoms with van der Waals surface area (Å²) in [5.41, 5.74) is 0.437. The summed E-state index contributed by atoms with van der Waals surface area (Å²) in [5, 5.41) is 0. The van der Waals surface area contributed by atoms with Gasteiger partial charge in [0.25, 0.3) is 0 Å². The van der Waals surface area contributed by atoms with Crippen molar-refractivity contribution in [3.8, 4) is 0 Å². The van der Waals surface area contributed by atoms with Gasteiger partial charge < -0.3 is 19.1 Å². The average molecular weight is 485 g/mol. The number of ether oxygens (including phenoxy) is 3. The van der Waals surface area contributed by atoms with Crippen LogP contribution in [0.25, 0.3) is 0 Å². The van der Waals surface area contributed by atoms with Gasteiger partial charge >= 0.3 is 18.2 Å². The van der Waals surface area contributed by atoms with E-state index in [1.165, 1.54) is 20.3 Å². The normalized spacial score (nSPS) is 10.9. The summed E-state index contributed by atoms with van der Waals surface area (Å²) in [6.07, 6.45) is 1.67. The zero-order valence-corrected chi connectivity index (χ0v) is 19.2. The van der Waals surface area contributed by atoms with Gasteiger partial charge in [-0.05, 0) is 12.5 Å². The molecule has 0 unspecified atom stereocenters. The van der Waals surface area contributed by atoms with Gasteiger partial charge in [0.05, 0.1) is 6.61 Å². The monoisotopic (exact) mass is 483 g/mol. The van der Waals surface area contributed by atoms with Gasteiger partial charge in [-0.2, -0.15) is 0 Å². The highest BCUT2D eigenvalue weighted by Crippen LogP contribution is 2.26. The van der Waals surface area contributed by atoms with Gasteiger partial charge in [-0.25, -0.2) is 14.6 Å². The molecule has 0 atom stereocenters. The topological polar surface area (TPSA) is 98.3 Å². The highest BCUT2D eigenvalue weighted by Gasteiger charge is 2.25. The molecule has 1 aromatic rings. The number of carbonyl (C=O) groups excluding carboxylic acids is 3. The summed E-state index contributed by atoms with van der Waals surface area (Å²) >= 11 is 16.7. The van der Waals surface area contributed by atoms with E-state index in [1.807, 2.05) is 6.92 Å². The van der Waals surface area contributed by atoms with Crippen LogP contribution in [0.15, 0.2) is 18.3 Å². The molecule has 0 aromatic carbocycles. The Hall–Kier alpha value is -1.97. The van der Waals surface area contributed by atoms with Crippen molar-refractivity contribution >= 4 is 58.8 Å². The number of hydrogen-bond donors (Lipinski definition) is 0. The van der Waals surface area contributed by atoms with Crippen molar-refractivity contribution in [1.29, 1.82) is 0 Å². The van der Waals surface area contributed by atoms with Gasteiger partial charge in [-0.1, -0.05) is 54.2 Å². The van der Waals surface area contributed by atoms with Crippen molar-refractivity contribution in [2.75, 3.05) is 38.8 Å². The van der Waals surface area contributed by atoms with Crippen LogP contribution in [-0.2, 0) is 25.6 Å². The molecule has 1 rings (SSSR count). The van der Waals surface area contributed by atoms with Crippen LogP contribution in [0.1, 0.15) is 25.3 Å². The molecule has 0 saturated heterocycles. The number of carbonyl (C=O) groups is 3. The zero-order valence-electron chi connectivity index (χ0n) is 16.9. The number of nitrogens with zero attached hydrogens (tertiary/aromatic N) is 3. The number of aromatic nitrogens is 1. The average Bonchev–Trinajstić information content (AvgIpc) is 2.69. The molecule has 0 aliphatic rings. The second-order valence-electron chi connectivity index (χ2n) is 6.20. The van der Waals surface area contributed by atoms with Crippen LogP contribution in [0.5, 0.6) is 0 Å². The lowest BCUT2D eigenvalue weighted by Crippen LogP contribution is -2.34. The van der Waals surface area contributed by atoms with Gasteiger partial charge in [-0.3, -0.25) is 9.69 Å². The molecule has 0 aliphatic heterocycles. The van der Waals surface area contributed by atoms with Crippen molar-refractivity contribution in [2.24, 2.45) is 0 Å². The van der Waals surface area contributed by atoms with E-state index in [9.17, 15) is 14.4 Å². The molecule has 0 aliphatic carbocycles. The first-order valence-corrected chi connectivity index (χ1v) is 10.1. The number of halogens is 3. The van der Waals surface area contributed by atoms with Crippen LogP contribution in [0.3, 0.4) is 0 Å². The lowest BCUT2D eigenvalue weighted by molar-refractivity contribution is -0.145. The third kappa shape index (κ3) is 9.69. The molecular weight excluding hydrogens is 461 g/mol. The van der Waals surface area contributed by atoms with Gasteiger partial charge in [0.2, 0.25) is 3.79 Å². The second kappa shape index (κ2) is 12.7. The molecule has 1 heterocycles. The Labute approximate surface area is 190 Å². The summed E-state index contributed by atoms with van der Waals surface area (Å²) in [7, 11) is 2.84. The molecule has 0 saturated carbocycles. The van der Waals surface area contributed by atoms with E-state index in [2.05, 4.69) is 4.98 Å². The number of hydrogen-bond acceptors (Lipinski definition) is 7. The maximum absolute atomic E-state index is 12.1. The fourth-order valence-corrected chi connectivity index (χ4v) is 2.21. The number of unbranched alkanes of at least 4 members (excludes halogenated alkanes) is 1. The SMILES string of the molecule is CCCCOC(=O)N(C)CC(=O)OCc1cccnc1N(C)C(=O)OCC(Cl)(Cl)Cl. The molecular formula is C18H24Cl3N3O6. The quantitative estimate of drug-likeness (QED) is 0.227. The number of pyridine rings is 1. The van der Waals surface area contributed by atoms with Gasteiger partial charge in [0.1, 0.15) is 25.6 Å². The molecule has 0 radical (unpaired) electrons. The molecule has 9 nitrogen and oxygen atoms in total. The van der Waals surface area contributed by atoms with Crippen molar-refractivity contribution in [1.82, 2.24) is 9.88 Å². The predicted octanol–water partition coefficient (Wildman–Crippen LogP) is 3.94. The summed E-state index contributed by atoms with van der Waals surface area (Å²) in [6, 6.07) is 3.24. The van der Waals surface area contributed by atoms with Crippen LogP contribution < -0.4 is 4.90 Å². The summed E-state index contributed by atoms with van der Waals surface area (Å²) < 4.78 is 13.4. The number of amides is 2. The second-order valence-corrected chi connectivity index (χ2v) is 8.72. The van der Waals surface area contributed by atoms with Crippen molar-refractivity contribution in [3.05, 3.63) is 23.9 Å². The van der Waals surface area contributed by atoms with Crippen molar-refractivity contribution in [3.63, 3.8) is 0 Å². The molecule has 1 aromatic heterocycles. The van der Waals surface area contributed by atoms with Gasteiger partial charge in [0.15, 0.2) is 0 Å². The molecule has 0 fully saturated rings. The van der Waals surface area contributed by atoms with Crippen LogP contribution in [0.4, 0.5) is 15.4 Å². The number of esters is 1. The van der Waals surface area contributed by atoms with E-state index in [0.29, 0.717) is 5.56 Å². The Kier molecular flexibility index (Phi) is 11.0. The Morgan fingerprint density at radius 3 is 2.43 bits per heavy atom. The summed E-state index contributed by atoms with van der Waals surface area (Å²) in [5.74, 6) is -0.451. The molecule has 0 bridgehead atoms. The van der Waals surface area contributed by atoms with E-state index < -0.39 is 28.6 Å². The number of rotatable bonds is 9. The van der Waals surface area contributed by atoms with Gasteiger partial charge in [0, 0.05) is 25.9 Å². The number of alkyl halides is 3. The van der Waals surface area contributed by atoms with Crippen molar-refractivity contribution in [2.45, 2.75) is 30.2 Å². The standard InChI is InChI=1S/C18H24Cl3N3O6/c1-4-5-9-28-16(26)23(2)10-14(25)29-11-13-7-6-8-22-15(13)24(3)17(27)30-12-18(19,20)21/h6-8H,4-5,9-12H2,1-3H3. The smallest absolute Gasteiger partial charge is 0.415 e. The lowest BCUT2D eigenvalue weighted by Gasteiger charge is -2.20. The predicted molar refractivity (Wildman–Crippen MR) is 113 cm³/mol. The lowest BCUT2D eigenvalue weighted by atomic mass is 10.2.